The molecule has 0 aliphatic rings. The van der Waals surface area contributed by atoms with Gasteiger partial charge in [0.1, 0.15) is 6.04 Å². The van der Waals surface area contributed by atoms with Crippen molar-refractivity contribution in [3.05, 3.63) is 33.4 Å². The molecular formula is C13H15IN2O4. The number of hydrogen-bond acceptors (Lipinski definition) is 4. The van der Waals surface area contributed by atoms with Gasteiger partial charge < -0.3 is 15.8 Å². The lowest BCUT2D eigenvalue weighted by Gasteiger charge is -2.16. The second kappa shape index (κ2) is 7.83. The fourth-order valence-corrected chi connectivity index (χ4v) is 2.12. The molecule has 0 aliphatic heterocycles. The highest BCUT2D eigenvalue weighted by Gasteiger charge is 2.19. The van der Waals surface area contributed by atoms with Crippen molar-refractivity contribution in [1.82, 2.24) is 5.32 Å². The molecule has 1 rings (SSSR count). The lowest BCUT2D eigenvalue weighted by molar-refractivity contribution is -0.146. The number of nitrogens with one attached hydrogen (secondary N) is 1. The average molecular weight is 390 g/mol. The van der Waals surface area contributed by atoms with E-state index in [-0.39, 0.29) is 0 Å². The van der Waals surface area contributed by atoms with Gasteiger partial charge >= 0.3 is 5.97 Å². The zero-order valence-electron chi connectivity index (χ0n) is 10.9. The Hall–Kier alpha value is -1.64. The largest absolute Gasteiger partial charge is 0.456 e. The minimum absolute atomic E-state index is 0.292. The maximum Gasteiger partial charge on any atom is 0.303 e. The van der Waals surface area contributed by atoms with Crippen LogP contribution in [0.4, 0.5) is 0 Å². The quantitative estimate of drug-likeness (QED) is 0.542. The van der Waals surface area contributed by atoms with Crippen molar-refractivity contribution in [2.75, 3.05) is 6.61 Å². The predicted molar refractivity (Wildman–Crippen MR) is 80.6 cm³/mol. The van der Waals surface area contributed by atoms with E-state index in [1.807, 2.05) is 24.3 Å². The zero-order chi connectivity index (χ0) is 15.1. The molecule has 1 atom stereocenters. The van der Waals surface area contributed by atoms with Crippen LogP contribution in [0.5, 0.6) is 0 Å². The second-order valence-corrected chi connectivity index (χ2v) is 5.26. The molecule has 0 bridgehead atoms. The molecule has 0 aromatic heterocycles. The van der Waals surface area contributed by atoms with E-state index in [4.69, 9.17) is 5.73 Å². The first-order valence-corrected chi connectivity index (χ1v) is 6.93. The summed E-state index contributed by atoms with van der Waals surface area (Å²) in [6.07, 6.45) is 0.292. The van der Waals surface area contributed by atoms with Crippen LogP contribution in [-0.4, -0.2) is 30.4 Å². The number of nitrogens with two attached hydrogens (primary N) is 1. The van der Waals surface area contributed by atoms with E-state index in [0.717, 1.165) is 9.13 Å². The number of hydrogen-bond donors (Lipinski definition) is 2. The fourth-order valence-electron chi connectivity index (χ4n) is 1.51. The summed E-state index contributed by atoms with van der Waals surface area (Å²) in [5.74, 6) is -1.76. The van der Waals surface area contributed by atoms with E-state index in [0.29, 0.717) is 6.42 Å². The van der Waals surface area contributed by atoms with Gasteiger partial charge in [-0.05, 0) is 34.2 Å². The van der Waals surface area contributed by atoms with Gasteiger partial charge in [-0.25, -0.2) is 0 Å². The van der Waals surface area contributed by atoms with E-state index in [2.05, 4.69) is 32.6 Å². The van der Waals surface area contributed by atoms with Crippen molar-refractivity contribution in [1.29, 1.82) is 0 Å². The number of carbonyl (C=O) groups is 3. The van der Waals surface area contributed by atoms with Crippen LogP contribution >= 0.6 is 22.6 Å². The third-order valence-electron chi connectivity index (χ3n) is 2.47. The fraction of sp³-hybridized carbons (Fsp3) is 0.308. The number of primary amides is 1. The predicted octanol–water partition coefficient (Wildman–Crippen LogP) is 0.367. The van der Waals surface area contributed by atoms with Gasteiger partial charge in [0.2, 0.25) is 5.91 Å². The Morgan fingerprint density at radius 1 is 1.35 bits per heavy atom. The number of benzene rings is 1. The molecule has 0 unspecified atom stereocenters. The number of ether oxygens (including phenoxy) is 1. The summed E-state index contributed by atoms with van der Waals surface area (Å²) in [5.41, 5.74) is 6.18. The van der Waals surface area contributed by atoms with Crippen LogP contribution in [0.15, 0.2) is 24.3 Å². The van der Waals surface area contributed by atoms with Crippen LogP contribution in [0.1, 0.15) is 12.5 Å². The summed E-state index contributed by atoms with van der Waals surface area (Å²) in [5, 5.41) is 2.45. The summed E-state index contributed by atoms with van der Waals surface area (Å²) in [7, 11) is 0. The minimum atomic E-state index is -0.839. The first-order valence-electron chi connectivity index (χ1n) is 5.85. The van der Waals surface area contributed by atoms with Gasteiger partial charge in [0.15, 0.2) is 6.61 Å². The van der Waals surface area contributed by atoms with E-state index < -0.39 is 30.4 Å². The third kappa shape index (κ3) is 5.55. The lowest BCUT2D eigenvalue weighted by Crippen LogP contribution is -2.47. The molecule has 2 amide bonds. The first-order chi connectivity index (χ1) is 9.40. The molecule has 1 aromatic carbocycles. The molecule has 1 aromatic rings. The third-order valence-corrected chi connectivity index (χ3v) is 3.52. The Kier molecular flexibility index (Phi) is 6.43. The molecule has 0 saturated heterocycles. The molecule has 108 valence electrons. The van der Waals surface area contributed by atoms with Crippen LogP contribution < -0.4 is 11.1 Å². The van der Waals surface area contributed by atoms with Crippen molar-refractivity contribution in [2.45, 2.75) is 19.4 Å². The number of rotatable bonds is 6. The number of halogens is 1. The van der Waals surface area contributed by atoms with Gasteiger partial charge in [-0.15, -0.1) is 0 Å². The molecule has 0 radical (unpaired) electrons. The van der Waals surface area contributed by atoms with Crippen molar-refractivity contribution >= 4 is 40.4 Å². The molecule has 0 aliphatic carbocycles. The summed E-state index contributed by atoms with van der Waals surface area (Å²) in [6.45, 7) is 0.774. The van der Waals surface area contributed by atoms with Crippen molar-refractivity contribution < 1.29 is 19.1 Å². The lowest BCUT2D eigenvalue weighted by atomic mass is 10.1. The van der Waals surface area contributed by atoms with Crippen molar-refractivity contribution in [2.24, 2.45) is 5.73 Å². The van der Waals surface area contributed by atoms with Gasteiger partial charge in [0.25, 0.3) is 5.91 Å². The second-order valence-electron chi connectivity index (χ2n) is 4.10. The first kappa shape index (κ1) is 16.4. The molecular weight excluding hydrogens is 375 g/mol. The Morgan fingerprint density at radius 2 is 2.00 bits per heavy atom. The molecule has 3 N–H and O–H groups in total. The highest BCUT2D eigenvalue weighted by Crippen LogP contribution is 2.13. The van der Waals surface area contributed by atoms with Crippen LogP contribution in [0, 0.1) is 3.57 Å². The van der Waals surface area contributed by atoms with Gasteiger partial charge in [0, 0.05) is 16.9 Å². The maximum absolute atomic E-state index is 11.5. The van der Waals surface area contributed by atoms with Gasteiger partial charge in [0.05, 0.1) is 0 Å². The SMILES string of the molecule is CC(=O)OCC(=O)N[C@H](Cc1ccccc1I)C(N)=O. The summed E-state index contributed by atoms with van der Waals surface area (Å²) in [4.78, 5) is 33.5. The number of carbonyl (C=O) groups excluding carboxylic acids is 3. The highest BCUT2D eigenvalue weighted by molar-refractivity contribution is 14.1. The Labute approximate surface area is 130 Å². The molecule has 0 saturated carbocycles. The van der Waals surface area contributed by atoms with Crippen LogP contribution in [0.3, 0.4) is 0 Å². The normalized spacial score (nSPS) is 11.5. The van der Waals surface area contributed by atoms with Crippen molar-refractivity contribution in [3.8, 4) is 0 Å². The molecule has 0 heterocycles. The topological polar surface area (TPSA) is 98.5 Å². The molecule has 0 spiro atoms. The Bertz CT molecular complexity index is 519. The van der Waals surface area contributed by atoms with Crippen molar-refractivity contribution in [3.63, 3.8) is 0 Å². The summed E-state index contributed by atoms with van der Waals surface area (Å²) in [6, 6.07) is 6.64. The van der Waals surface area contributed by atoms with E-state index in [1.165, 1.54) is 6.92 Å². The van der Waals surface area contributed by atoms with Crippen LogP contribution in [0.2, 0.25) is 0 Å². The highest BCUT2D eigenvalue weighted by atomic mass is 127. The molecule has 7 heteroatoms. The summed E-state index contributed by atoms with van der Waals surface area (Å²) < 4.78 is 5.53. The zero-order valence-corrected chi connectivity index (χ0v) is 13.0. The van der Waals surface area contributed by atoms with E-state index in [9.17, 15) is 14.4 Å². The van der Waals surface area contributed by atoms with Gasteiger partial charge in [-0.2, -0.15) is 0 Å². The smallest absolute Gasteiger partial charge is 0.303 e. The van der Waals surface area contributed by atoms with Gasteiger partial charge in [-0.1, -0.05) is 18.2 Å². The Balaban J connectivity index is 2.66. The molecule has 0 fully saturated rings. The van der Waals surface area contributed by atoms with Crippen LogP contribution in [0.25, 0.3) is 0 Å². The monoisotopic (exact) mass is 390 g/mol. The number of amides is 2. The maximum atomic E-state index is 11.5. The van der Waals surface area contributed by atoms with Gasteiger partial charge in [-0.3, -0.25) is 14.4 Å². The summed E-state index contributed by atoms with van der Waals surface area (Å²) >= 11 is 2.14. The minimum Gasteiger partial charge on any atom is -0.456 e. The molecule has 6 nitrogen and oxygen atoms in total. The number of esters is 1. The average Bonchev–Trinajstić information content (AvgIpc) is 2.38. The van der Waals surface area contributed by atoms with E-state index in [1.54, 1.807) is 0 Å². The molecule has 20 heavy (non-hydrogen) atoms. The van der Waals surface area contributed by atoms with E-state index >= 15 is 0 Å². The Morgan fingerprint density at radius 3 is 2.55 bits per heavy atom. The van der Waals surface area contributed by atoms with Crippen LogP contribution in [-0.2, 0) is 25.5 Å². The standard InChI is InChI=1S/C13H15IN2O4/c1-8(17)20-7-12(18)16-11(13(15)19)6-9-4-2-3-5-10(9)14/h2-5,11H,6-7H2,1H3,(H2,15,19)(H,16,18)/t11-/m1/s1.